The number of alkyl halides is 3. The molecule has 1 fully saturated rings. The van der Waals surface area contributed by atoms with Crippen molar-refractivity contribution in [1.82, 2.24) is 14.7 Å². The fraction of sp³-hybridized carbons (Fsp3) is 0.500. The summed E-state index contributed by atoms with van der Waals surface area (Å²) in [6.07, 6.45) is -1.52. The summed E-state index contributed by atoms with van der Waals surface area (Å²) in [5.41, 5.74) is 1.11. The summed E-state index contributed by atoms with van der Waals surface area (Å²) in [5, 5.41) is 4.22. The normalized spacial score (nSPS) is 18.0. The van der Waals surface area contributed by atoms with Crippen molar-refractivity contribution < 1.29 is 18.0 Å². The largest absolute Gasteiger partial charge is 0.416 e. The lowest BCUT2D eigenvalue weighted by molar-refractivity contribution is -0.138. The molecule has 7 heteroatoms. The lowest BCUT2D eigenvalue weighted by atomic mass is 9.90. The quantitative estimate of drug-likeness (QED) is 0.797. The van der Waals surface area contributed by atoms with Crippen LogP contribution in [0.15, 0.2) is 30.3 Å². The molecule has 2 aromatic rings. The maximum Gasteiger partial charge on any atom is 0.416 e. The van der Waals surface area contributed by atoms with Crippen LogP contribution in [0.3, 0.4) is 0 Å². The summed E-state index contributed by atoms with van der Waals surface area (Å²) in [5.74, 6) is 0.150. The number of carbonyl (C=O) groups is 1. The fourth-order valence-corrected chi connectivity index (χ4v) is 3.83. The van der Waals surface area contributed by atoms with Gasteiger partial charge in [-0.15, -0.1) is 0 Å². The van der Waals surface area contributed by atoms with Gasteiger partial charge in [0.05, 0.1) is 11.3 Å². The van der Waals surface area contributed by atoms with E-state index in [4.69, 9.17) is 0 Å². The van der Waals surface area contributed by atoms with Gasteiger partial charge in [0.1, 0.15) is 5.69 Å². The van der Waals surface area contributed by atoms with Crippen LogP contribution in [0.1, 0.15) is 46.6 Å². The molecule has 1 amide bonds. The van der Waals surface area contributed by atoms with E-state index in [1.54, 1.807) is 34.8 Å². The van der Waals surface area contributed by atoms with Gasteiger partial charge in [0.25, 0.3) is 5.91 Å². The Bertz CT molecular complexity index is 813. The number of nitrogens with zero attached hydrogens (tertiary/aromatic N) is 3. The number of hydrogen-bond acceptors (Lipinski definition) is 2. The number of carbonyl (C=O) groups excluding carboxylic acids is 1. The second-order valence-electron chi connectivity index (χ2n) is 7.25. The molecular formula is C20H24F3N3O. The Morgan fingerprint density at radius 1 is 1.30 bits per heavy atom. The molecule has 1 aromatic carbocycles. The topological polar surface area (TPSA) is 38.1 Å². The minimum absolute atomic E-state index is 0.0570. The van der Waals surface area contributed by atoms with Crippen molar-refractivity contribution in [2.75, 3.05) is 13.1 Å². The molecule has 3 rings (SSSR count). The Labute approximate surface area is 157 Å². The van der Waals surface area contributed by atoms with E-state index >= 15 is 0 Å². The van der Waals surface area contributed by atoms with Crippen LogP contribution in [0.5, 0.6) is 0 Å². The number of rotatable bonds is 4. The molecule has 4 nitrogen and oxygen atoms in total. The summed E-state index contributed by atoms with van der Waals surface area (Å²) < 4.78 is 41.0. The highest BCUT2D eigenvalue weighted by molar-refractivity contribution is 5.92. The van der Waals surface area contributed by atoms with E-state index in [2.05, 4.69) is 5.10 Å². The molecule has 0 bridgehead atoms. The molecule has 0 saturated carbocycles. The van der Waals surface area contributed by atoms with Gasteiger partial charge in [-0.2, -0.15) is 18.3 Å². The lowest BCUT2D eigenvalue weighted by Gasteiger charge is -2.33. The third kappa shape index (κ3) is 4.51. The average molecular weight is 379 g/mol. The Morgan fingerprint density at radius 2 is 2.04 bits per heavy atom. The zero-order chi connectivity index (χ0) is 19.6. The summed E-state index contributed by atoms with van der Waals surface area (Å²) >= 11 is 0. The minimum Gasteiger partial charge on any atom is -0.337 e. The van der Waals surface area contributed by atoms with E-state index in [-0.39, 0.29) is 11.8 Å². The fourth-order valence-electron chi connectivity index (χ4n) is 3.83. The highest BCUT2D eigenvalue weighted by atomic mass is 19.4. The summed E-state index contributed by atoms with van der Waals surface area (Å²) in [6, 6.07) is 7.52. The average Bonchev–Trinajstić information content (AvgIpc) is 2.97. The summed E-state index contributed by atoms with van der Waals surface area (Å²) in [7, 11) is 1.75. The Hall–Kier alpha value is -2.31. The Kier molecular flexibility index (Phi) is 5.58. The van der Waals surface area contributed by atoms with Gasteiger partial charge in [0, 0.05) is 20.1 Å². The molecule has 0 aliphatic carbocycles. The molecular weight excluding hydrogens is 355 g/mol. The molecule has 0 spiro atoms. The van der Waals surface area contributed by atoms with Crippen LogP contribution in [0.2, 0.25) is 0 Å². The van der Waals surface area contributed by atoms with Gasteiger partial charge in [-0.25, -0.2) is 0 Å². The van der Waals surface area contributed by atoms with Crippen molar-refractivity contribution in [3.63, 3.8) is 0 Å². The first kappa shape index (κ1) is 19.5. The summed E-state index contributed by atoms with van der Waals surface area (Å²) in [4.78, 5) is 14.6. The predicted molar refractivity (Wildman–Crippen MR) is 96.3 cm³/mol. The molecule has 1 atom stereocenters. The highest BCUT2D eigenvalue weighted by Gasteiger charge is 2.33. The van der Waals surface area contributed by atoms with Crippen molar-refractivity contribution in [3.05, 3.63) is 52.8 Å². The maximum atomic E-state index is 13.1. The Morgan fingerprint density at radius 3 is 2.70 bits per heavy atom. The molecule has 27 heavy (non-hydrogen) atoms. The van der Waals surface area contributed by atoms with Gasteiger partial charge >= 0.3 is 6.18 Å². The van der Waals surface area contributed by atoms with E-state index in [0.29, 0.717) is 37.2 Å². The smallest absolute Gasteiger partial charge is 0.337 e. The number of likely N-dealkylation sites (tertiary alicyclic amines) is 1. The maximum absolute atomic E-state index is 13.1. The third-order valence-corrected chi connectivity index (χ3v) is 5.17. The molecule has 0 radical (unpaired) electrons. The van der Waals surface area contributed by atoms with Crippen molar-refractivity contribution >= 4 is 5.91 Å². The zero-order valence-electron chi connectivity index (χ0n) is 15.6. The van der Waals surface area contributed by atoms with Gasteiger partial charge < -0.3 is 4.90 Å². The van der Waals surface area contributed by atoms with Gasteiger partial charge in [-0.3, -0.25) is 9.48 Å². The van der Waals surface area contributed by atoms with E-state index in [9.17, 15) is 18.0 Å². The first-order chi connectivity index (χ1) is 12.8. The van der Waals surface area contributed by atoms with Crippen LogP contribution in [0.25, 0.3) is 0 Å². The van der Waals surface area contributed by atoms with E-state index < -0.39 is 11.7 Å². The van der Waals surface area contributed by atoms with E-state index in [1.165, 1.54) is 6.07 Å². The molecule has 1 aromatic heterocycles. The third-order valence-electron chi connectivity index (χ3n) is 5.17. The van der Waals surface area contributed by atoms with Crippen molar-refractivity contribution in [1.29, 1.82) is 0 Å². The number of amides is 1. The van der Waals surface area contributed by atoms with Gasteiger partial charge in [0.2, 0.25) is 0 Å². The SMILES string of the molecule is Cc1cc(C(=O)N2CCC[C@H](CCc3ccccc3C(F)(F)F)C2)n(C)n1. The monoisotopic (exact) mass is 379 g/mol. The predicted octanol–water partition coefficient (Wildman–Crippen LogP) is 4.23. The van der Waals surface area contributed by atoms with Crippen molar-refractivity contribution in [2.45, 2.75) is 38.8 Å². The van der Waals surface area contributed by atoms with Crippen LogP contribution in [-0.4, -0.2) is 33.7 Å². The first-order valence-electron chi connectivity index (χ1n) is 9.20. The van der Waals surface area contributed by atoms with Gasteiger partial charge in [0.15, 0.2) is 0 Å². The van der Waals surface area contributed by atoms with Crippen molar-refractivity contribution in [3.8, 4) is 0 Å². The van der Waals surface area contributed by atoms with Gasteiger partial charge in [-0.1, -0.05) is 18.2 Å². The standard InChI is InChI=1S/C20H24F3N3O/c1-14-12-18(25(2)24-14)19(27)26-11-5-6-15(13-26)9-10-16-7-3-4-8-17(16)20(21,22)23/h3-4,7-8,12,15H,5-6,9-11,13H2,1-2H3/t15-/m1/s1. The molecule has 146 valence electrons. The second kappa shape index (κ2) is 7.74. The van der Waals surface area contributed by atoms with Crippen LogP contribution in [0, 0.1) is 12.8 Å². The highest BCUT2D eigenvalue weighted by Crippen LogP contribution is 2.33. The lowest BCUT2D eigenvalue weighted by Crippen LogP contribution is -2.40. The van der Waals surface area contributed by atoms with Crippen LogP contribution < -0.4 is 0 Å². The number of aryl methyl sites for hydroxylation is 3. The number of hydrogen-bond donors (Lipinski definition) is 0. The van der Waals surface area contributed by atoms with E-state index in [0.717, 1.165) is 24.6 Å². The molecule has 1 aliphatic rings. The first-order valence-corrected chi connectivity index (χ1v) is 9.20. The number of benzene rings is 1. The van der Waals surface area contributed by atoms with Crippen LogP contribution in [0.4, 0.5) is 13.2 Å². The van der Waals surface area contributed by atoms with E-state index in [1.807, 2.05) is 6.92 Å². The van der Waals surface area contributed by atoms with Crippen LogP contribution >= 0.6 is 0 Å². The van der Waals surface area contributed by atoms with Gasteiger partial charge in [-0.05, 0) is 56.2 Å². The number of aromatic nitrogens is 2. The number of halogens is 3. The minimum atomic E-state index is -4.33. The molecule has 1 saturated heterocycles. The number of piperidine rings is 1. The second-order valence-corrected chi connectivity index (χ2v) is 7.25. The zero-order valence-corrected chi connectivity index (χ0v) is 15.6. The summed E-state index contributed by atoms with van der Waals surface area (Å²) in [6.45, 7) is 3.10. The Balaban J connectivity index is 1.64. The van der Waals surface area contributed by atoms with Crippen molar-refractivity contribution in [2.24, 2.45) is 13.0 Å². The molecule has 2 heterocycles. The molecule has 1 aliphatic heterocycles. The van der Waals surface area contributed by atoms with Crippen LogP contribution in [-0.2, 0) is 19.6 Å². The molecule has 0 unspecified atom stereocenters. The molecule has 0 N–H and O–H groups in total.